The molecular weight excluding hydrogens is 1950 g/mol. The monoisotopic (exact) mass is 2090 g/mol. The second-order valence-corrected chi connectivity index (χ2v) is 43.6. The van der Waals surface area contributed by atoms with Gasteiger partial charge in [-0.3, -0.25) is 29.5 Å². The lowest BCUT2D eigenvalue weighted by Gasteiger charge is -2.42. The van der Waals surface area contributed by atoms with Gasteiger partial charge in [0.2, 0.25) is 0 Å². The Kier molecular flexibility index (Phi) is 37.4. The fourth-order valence-corrected chi connectivity index (χ4v) is 20.3. The zero-order chi connectivity index (χ0) is 99.0. The van der Waals surface area contributed by atoms with Crippen molar-refractivity contribution in [1.82, 2.24) is 60.1 Å². The SMILES string of the molecule is CC(C)(C)OC(=O)N1CCNCC1.CC(C)(C)OC(=O)N1Cc2ccc(Br)cc2C(O)C1.CN1Cc2ccc(Br)cc2C(O)C1.CN1Cc2ccc(N3CCN(C(=O)OC(C)(C)C)CC3)cc2C(O)C1.CN1Cc2ccc(N3CCNCC3)cc2C(O)C1.C[C@@H]1CN(c2ccc(C#N)c3ncccc23)C[C@H](CN2CCN(c3ccc4c(c3)C(O)CN(C)C4)CC2)O1.OC1CNCc2ccc(Br)cc21. The van der Waals surface area contributed by atoms with Crippen molar-refractivity contribution in [1.29, 1.82) is 5.26 Å². The number of aliphatic hydroxyl groups excluding tert-OH is 6. The molecule has 9 N–H and O–H groups in total. The van der Waals surface area contributed by atoms with Crippen LogP contribution in [-0.4, -0.2) is 314 Å². The third-order valence-corrected chi connectivity index (χ3v) is 27.4. The summed E-state index contributed by atoms with van der Waals surface area (Å²) in [5.74, 6) is 0. The average molecular weight is 2090 g/mol. The molecule has 138 heavy (non-hydrogen) atoms. The van der Waals surface area contributed by atoms with Crippen LogP contribution in [0.15, 0.2) is 153 Å². The molecule has 5 fully saturated rings. The van der Waals surface area contributed by atoms with Gasteiger partial charge < -0.3 is 99.8 Å². The summed E-state index contributed by atoms with van der Waals surface area (Å²) < 4.78 is 25.4. The number of likely N-dealkylation sites (N-methyl/N-ethyl adjacent to an activating group) is 4. The van der Waals surface area contributed by atoms with E-state index in [1.165, 1.54) is 44.1 Å². The van der Waals surface area contributed by atoms with Crippen LogP contribution in [0.3, 0.4) is 0 Å². The minimum atomic E-state index is -0.672. The molecule has 1 aromatic heterocycles. The summed E-state index contributed by atoms with van der Waals surface area (Å²) >= 11 is 10.2. The first-order valence-electron chi connectivity index (χ1n) is 48.4. The molecule has 19 rings (SSSR count). The van der Waals surface area contributed by atoms with Crippen LogP contribution in [0.1, 0.15) is 178 Å². The number of β-amino-alcohol motifs (C(OH)–C–C–N with tert-alkyl or cyclic N) is 6. The number of hydrogen-bond acceptors (Lipinski definition) is 27. The molecule has 5 saturated heterocycles. The van der Waals surface area contributed by atoms with Crippen molar-refractivity contribution >= 4 is 99.7 Å². The third-order valence-electron chi connectivity index (χ3n) is 25.9. The topological polar surface area (TPSA) is 321 Å². The van der Waals surface area contributed by atoms with Crippen molar-refractivity contribution in [2.45, 2.75) is 174 Å². The quantitative estimate of drug-likeness (QED) is 0.0699. The molecule has 30 nitrogen and oxygen atoms in total. The van der Waals surface area contributed by atoms with E-state index in [1.807, 2.05) is 137 Å². The lowest BCUT2D eigenvalue weighted by atomic mass is 9.96. The van der Waals surface area contributed by atoms with Gasteiger partial charge in [-0.25, -0.2) is 14.4 Å². The van der Waals surface area contributed by atoms with Gasteiger partial charge in [0.1, 0.15) is 22.9 Å². The number of benzene rings is 7. The van der Waals surface area contributed by atoms with E-state index in [0.29, 0.717) is 44.8 Å². The number of amides is 3. The fraction of sp³-hybridized carbons (Fsp3) is 0.533. The number of halogens is 3. The van der Waals surface area contributed by atoms with Gasteiger partial charge in [-0.05, 0) is 261 Å². The Hall–Kier alpha value is -8.71. The van der Waals surface area contributed by atoms with E-state index in [2.05, 4.69) is 213 Å². The van der Waals surface area contributed by atoms with Crippen LogP contribution in [0.5, 0.6) is 0 Å². The molecule has 0 aliphatic carbocycles. The van der Waals surface area contributed by atoms with Crippen LogP contribution in [0.2, 0.25) is 0 Å². The number of rotatable bonds is 6. The number of aromatic nitrogens is 1. The number of nitriles is 1. The first-order chi connectivity index (χ1) is 65.6. The summed E-state index contributed by atoms with van der Waals surface area (Å²) in [6, 6.07) is 47.5. The van der Waals surface area contributed by atoms with Gasteiger partial charge in [0.15, 0.2) is 0 Å². The number of carbonyl (C=O) groups excluding carboxylic acids is 3. The summed E-state index contributed by atoms with van der Waals surface area (Å²) in [5, 5.41) is 80.9. The summed E-state index contributed by atoms with van der Waals surface area (Å²) in [4.78, 5) is 65.8. The van der Waals surface area contributed by atoms with Gasteiger partial charge in [-0.15, -0.1) is 0 Å². The van der Waals surface area contributed by atoms with Crippen LogP contribution in [0.25, 0.3) is 10.9 Å². The molecule has 8 atom stereocenters. The van der Waals surface area contributed by atoms with E-state index in [-0.39, 0.29) is 60.9 Å². The molecule has 33 heteroatoms. The highest BCUT2D eigenvalue weighted by Gasteiger charge is 2.36. The fourth-order valence-electron chi connectivity index (χ4n) is 19.2. The molecule has 11 aliphatic heterocycles. The highest BCUT2D eigenvalue weighted by atomic mass is 79.9. The van der Waals surface area contributed by atoms with Crippen molar-refractivity contribution in [2.75, 3.05) is 211 Å². The first-order valence-corrected chi connectivity index (χ1v) is 50.8. The van der Waals surface area contributed by atoms with E-state index in [9.17, 15) is 50.3 Å². The Morgan fingerprint density at radius 3 is 1.24 bits per heavy atom. The van der Waals surface area contributed by atoms with Crippen LogP contribution >= 0.6 is 47.8 Å². The molecule has 11 aliphatic rings. The summed E-state index contributed by atoms with van der Waals surface area (Å²) in [6.07, 6.45) is -1.40. The predicted molar refractivity (Wildman–Crippen MR) is 553 cm³/mol. The highest BCUT2D eigenvalue weighted by Crippen LogP contribution is 2.38. The standard InChI is InChI=1S/C30H36N6O2.C19H29N3O3.C14H18BrNO3.C14H21N3O.C10H12BrNO.C9H10BrNO.C9H18N2O2/c1-21-16-36(28-8-6-22(15-31)30-26(28)4-3-9-32-30)19-25(38-21)18-34-10-12-35(13-11-34)24-7-5-23-17-33(2)20-29(37)27(23)14-24;1-19(2,3)25-18(24)22-9-7-21(8-10-22)15-6-5-14-12-20(4)13-17(23)16(14)11-15;1-14(2,3)19-13(18)16-7-9-4-5-10(15)6-11(9)12(17)8-16;1-16-9-11-2-3-12(8-13(11)14(18)10-16)17-6-4-15-5-7-17;1-12-5-7-2-3-8(11)4-9(7)10(13)6-12;10-7-2-1-6-4-11-5-9(12)8(6)3-7;1-9(2,3)13-8(12)11-6-4-10-5-7-11/h3-9,14,21,25,29,37H,10-13,16-20H2,1-2H3;5-6,11,17,23H,7-10,12-13H2,1-4H3;4-6,12,17H,7-8H2,1-3H3;2-3,8,14-15,18H,4-7,9-10H2,1H3;2-4,10,13H,5-6H2,1H3;1-3,9,11-12H,4-5H2;10H,4-7H2,1-3H3/t21-,25+,29?;;;;;;/m1....../s1. The summed E-state index contributed by atoms with van der Waals surface area (Å²) in [7, 11) is 8.15. The van der Waals surface area contributed by atoms with Crippen LogP contribution in [-0.2, 0) is 58.2 Å². The lowest BCUT2D eigenvalue weighted by Crippen LogP contribution is -2.54. The minimum Gasteiger partial charge on any atom is -0.444 e. The van der Waals surface area contributed by atoms with Crippen molar-refractivity contribution in [3.05, 3.63) is 225 Å². The Bertz CT molecular complexity index is 5460. The van der Waals surface area contributed by atoms with Crippen LogP contribution < -0.4 is 35.6 Å². The van der Waals surface area contributed by atoms with E-state index in [4.69, 9.17) is 18.9 Å². The third kappa shape index (κ3) is 30.0. The molecule has 8 aromatic rings. The van der Waals surface area contributed by atoms with Gasteiger partial charge in [0.05, 0.1) is 66.5 Å². The molecular formula is C105H144Br3N17O13. The van der Waals surface area contributed by atoms with E-state index in [1.54, 1.807) is 16.0 Å². The van der Waals surface area contributed by atoms with Gasteiger partial charge in [-0.1, -0.05) is 84.2 Å². The molecule has 3 amide bonds. The number of ether oxygens (including phenoxy) is 4. The van der Waals surface area contributed by atoms with Crippen molar-refractivity contribution in [3.8, 4) is 6.07 Å². The van der Waals surface area contributed by atoms with Gasteiger partial charge in [-0.2, -0.15) is 5.26 Å². The molecule has 748 valence electrons. The molecule has 7 aromatic carbocycles. The number of anilines is 4. The molecule has 6 unspecified atom stereocenters. The zero-order valence-electron chi connectivity index (χ0n) is 82.8. The number of nitrogens with zero attached hydrogens (tertiary/aromatic N) is 14. The summed E-state index contributed by atoms with van der Waals surface area (Å²) in [6.45, 7) is 44.3. The molecule has 12 heterocycles. The molecule has 0 spiro atoms. The molecule has 0 saturated carbocycles. The average Bonchev–Trinajstić information content (AvgIpc) is 0.783. The van der Waals surface area contributed by atoms with Gasteiger partial charge >= 0.3 is 18.3 Å². The van der Waals surface area contributed by atoms with Gasteiger partial charge in [0.25, 0.3) is 0 Å². The number of aliphatic hydroxyl groups is 6. The largest absolute Gasteiger partial charge is 0.444 e. The Labute approximate surface area is 840 Å². The second kappa shape index (κ2) is 48.4. The number of carbonyl (C=O) groups is 3. The van der Waals surface area contributed by atoms with Crippen LogP contribution in [0, 0.1) is 11.3 Å². The normalized spacial score (nSPS) is 22.5. The number of hydrogen-bond donors (Lipinski definition) is 9. The predicted octanol–water partition coefficient (Wildman–Crippen LogP) is 13.4. The number of morpholine rings is 1. The van der Waals surface area contributed by atoms with E-state index in [0.717, 1.165) is 232 Å². The van der Waals surface area contributed by atoms with Crippen molar-refractivity contribution in [2.24, 2.45) is 0 Å². The Balaban J connectivity index is 0.000000142. The van der Waals surface area contributed by atoms with Gasteiger partial charge in [0, 0.05) is 244 Å². The first kappa shape index (κ1) is 107. The maximum absolute atomic E-state index is 12.2. The smallest absolute Gasteiger partial charge is 0.410 e. The molecule has 0 bridgehead atoms. The Morgan fingerprint density at radius 2 is 0.797 bits per heavy atom. The number of fused-ring (bicyclic) bond motifs is 7. The zero-order valence-corrected chi connectivity index (χ0v) is 87.5. The Morgan fingerprint density at radius 1 is 0.420 bits per heavy atom. The molecule has 0 radical (unpaired) electrons. The van der Waals surface area contributed by atoms with Crippen molar-refractivity contribution in [3.63, 3.8) is 0 Å². The minimum absolute atomic E-state index is 0.114. The summed E-state index contributed by atoms with van der Waals surface area (Å²) in [5.41, 5.74) is 18.0. The lowest BCUT2D eigenvalue weighted by molar-refractivity contribution is -0.0327. The number of piperazine rings is 4. The highest BCUT2D eigenvalue weighted by molar-refractivity contribution is 9.11. The van der Waals surface area contributed by atoms with E-state index < -0.39 is 29.5 Å². The van der Waals surface area contributed by atoms with Crippen LogP contribution in [0.4, 0.5) is 37.1 Å². The number of nitrogens with one attached hydrogen (secondary N) is 3. The second-order valence-electron chi connectivity index (χ2n) is 40.9. The van der Waals surface area contributed by atoms with Crippen molar-refractivity contribution < 1.29 is 64.0 Å². The maximum atomic E-state index is 12.2. The number of pyridine rings is 1. The maximum Gasteiger partial charge on any atom is 0.410 e. The van der Waals surface area contributed by atoms with E-state index >= 15 is 0 Å².